The summed E-state index contributed by atoms with van der Waals surface area (Å²) >= 11 is 0. The predicted molar refractivity (Wildman–Crippen MR) is 94.9 cm³/mol. The Bertz CT molecular complexity index is 731. The second-order valence-corrected chi connectivity index (χ2v) is 6.43. The van der Waals surface area contributed by atoms with E-state index in [-0.39, 0.29) is 17.7 Å². The van der Waals surface area contributed by atoms with Crippen LogP contribution in [-0.2, 0) is 4.79 Å². The molecule has 5 nitrogen and oxygen atoms in total. The molecule has 0 aliphatic carbocycles. The van der Waals surface area contributed by atoms with E-state index in [4.69, 9.17) is 0 Å². The number of likely N-dealkylation sites (tertiary alicyclic amines) is 1. The zero-order valence-electron chi connectivity index (χ0n) is 14.4. The minimum atomic E-state index is -0.0454. The quantitative estimate of drug-likeness (QED) is 0.887. The van der Waals surface area contributed by atoms with E-state index in [0.29, 0.717) is 18.7 Å². The Kier molecular flexibility index (Phi) is 4.88. The van der Waals surface area contributed by atoms with Crippen LogP contribution in [0.4, 0.5) is 0 Å². The third-order valence-corrected chi connectivity index (χ3v) is 4.81. The van der Waals surface area contributed by atoms with Gasteiger partial charge in [0, 0.05) is 43.3 Å². The molecule has 1 aromatic carbocycles. The lowest BCUT2D eigenvalue weighted by Gasteiger charge is -2.40. The van der Waals surface area contributed by atoms with E-state index < -0.39 is 0 Å². The molecule has 2 amide bonds. The van der Waals surface area contributed by atoms with Crippen molar-refractivity contribution in [2.75, 3.05) is 26.2 Å². The Morgan fingerprint density at radius 3 is 2.71 bits per heavy atom. The van der Waals surface area contributed by atoms with Crippen LogP contribution in [0.25, 0.3) is 10.9 Å². The van der Waals surface area contributed by atoms with E-state index >= 15 is 0 Å². The number of hydrogen-bond donors (Lipinski definition) is 1. The Morgan fingerprint density at radius 1 is 1.25 bits per heavy atom. The topological polar surface area (TPSA) is 56.4 Å². The number of nitrogens with one attached hydrogen (secondary N) is 1. The van der Waals surface area contributed by atoms with Crippen molar-refractivity contribution in [1.82, 2.24) is 14.8 Å². The van der Waals surface area contributed by atoms with Crippen molar-refractivity contribution in [3.05, 3.63) is 36.0 Å². The van der Waals surface area contributed by atoms with Crippen LogP contribution in [0.2, 0.25) is 0 Å². The molecule has 0 saturated carbocycles. The van der Waals surface area contributed by atoms with Gasteiger partial charge in [0.25, 0.3) is 5.91 Å². The molecule has 0 bridgehead atoms. The fraction of sp³-hybridized carbons (Fsp3) is 0.474. The van der Waals surface area contributed by atoms with Crippen molar-refractivity contribution in [3.8, 4) is 0 Å². The number of aromatic nitrogens is 1. The van der Waals surface area contributed by atoms with Gasteiger partial charge in [-0.25, -0.2) is 0 Å². The van der Waals surface area contributed by atoms with Gasteiger partial charge < -0.3 is 14.8 Å². The summed E-state index contributed by atoms with van der Waals surface area (Å²) in [6.45, 7) is 6.76. The van der Waals surface area contributed by atoms with Crippen LogP contribution in [0.15, 0.2) is 30.5 Å². The highest BCUT2D eigenvalue weighted by molar-refractivity contribution is 6.07. The number of amides is 2. The van der Waals surface area contributed by atoms with Crippen LogP contribution in [0.3, 0.4) is 0 Å². The second kappa shape index (κ2) is 7.07. The molecule has 2 heterocycles. The number of hydrogen-bond acceptors (Lipinski definition) is 2. The van der Waals surface area contributed by atoms with Crippen molar-refractivity contribution in [3.63, 3.8) is 0 Å². The van der Waals surface area contributed by atoms with Gasteiger partial charge in [-0.2, -0.15) is 0 Å². The summed E-state index contributed by atoms with van der Waals surface area (Å²) in [5.74, 6) is 0.151. The number of H-pyrrole nitrogens is 1. The molecule has 3 rings (SSSR count). The minimum Gasteiger partial charge on any atom is -0.360 e. The predicted octanol–water partition coefficient (Wildman–Crippen LogP) is 2.89. The first kappa shape index (κ1) is 16.6. The highest BCUT2D eigenvalue weighted by atomic mass is 16.2. The molecule has 1 saturated heterocycles. The van der Waals surface area contributed by atoms with Crippen LogP contribution >= 0.6 is 0 Å². The Hall–Kier alpha value is -2.30. The summed E-state index contributed by atoms with van der Waals surface area (Å²) in [5, 5.41) is 0.940. The molecule has 1 aliphatic heterocycles. The molecule has 1 aromatic heterocycles. The zero-order chi connectivity index (χ0) is 17.1. The highest BCUT2D eigenvalue weighted by Gasteiger charge is 2.38. The van der Waals surface area contributed by atoms with Gasteiger partial charge in [-0.1, -0.05) is 31.5 Å². The van der Waals surface area contributed by atoms with E-state index in [9.17, 15) is 9.59 Å². The molecule has 0 atom stereocenters. The Labute approximate surface area is 142 Å². The van der Waals surface area contributed by atoms with Gasteiger partial charge in [0.1, 0.15) is 0 Å². The Morgan fingerprint density at radius 2 is 2.00 bits per heavy atom. The molecule has 1 aliphatic rings. The molecule has 0 radical (unpaired) electrons. The maximum Gasteiger partial charge on any atom is 0.256 e. The molecule has 128 valence electrons. The van der Waals surface area contributed by atoms with Crippen LogP contribution in [0, 0.1) is 5.92 Å². The van der Waals surface area contributed by atoms with Gasteiger partial charge in [0.2, 0.25) is 5.91 Å². The van der Waals surface area contributed by atoms with Gasteiger partial charge >= 0.3 is 0 Å². The number of fused-ring (bicyclic) bond motifs is 1. The summed E-state index contributed by atoms with van der Waals surface area (Å²) in [6, 6.07) is 7.79. The third-order valence-electron chi connectivity index (χ3n) is 4.81. The first-order chi connectivity index (χ1) is 11.7. The van der Waals surface area contributed by atoms with Crippen LogP contribution in [-0.4, -0.2) is 52.8 Å². The summed E-state index contributed by atoms with van der Waals surface area (Å²) in [7, 11) is 0. The summed E-state index contributed by atoms with van der Waals surface area (Å²) < 4.78 is 0. The highest BCUT2D eigenvalue weighted by Crippen LogP contribution is 2.25. The van der Waals surface area contributed by atoms with Gasteiger partial charge in [0.15, 0.2) is 0 Å². The average molecular weight is 327 g/mol. The number of carbonyl (C=O) groups is 2. The number of unbranched alkanes of at least 4 members (excludes halogenated alkanes) is 1. The molecule has 2 aromatic rings. The molecule has 1 N–H and O–H groups in total. The van der Waals surface area contributed by atoms with Crippen molar-refractivity contribution < 1.29 is 9.59 Å². The number of para-hydroxylation sites is 1. The Balaban J connectivity index is 1.61. The van der Waals surface area contributed by atoms with Gasteiger partial charge in [-0.3, -0.25) is 9.59 Å². The first-order valence-corrected chi connectivity index (χ1v) is 8.79. The fourth-order valence-electron chi connectivity index (χ4n) is 3.25. The number of nitrogens with zero attached hydrogens (tertiary/aromatic N) is 2. The standard InChI is InChI=1S/C19H25N3O2/c1-3-5-10-21(4-2)18(23)14-12-22(13-14)19(24)16-11-20-17-9-7-6-8-15(16)17/h6-9,11,14,20H,3-5,10,12-13H2,1-2H3. The van der Waals surface area contributed by atoms with E-state index in [1.165, 1.54) is 0 Å². The van der Waals surface area contributed by atoms with Crippen molar-refractivity contribution >= 4 is 22.7 Å². The average Bonchev–Trinajstić information content (AvgIpc) is 2.98. The summed E-state index contributed by atoms with van der Waals surface area (Å²) in [6.07, 6.45) is 3.88. The van der Waals surface area contributed by atoms with Crippen LogP contribution in [0.1, 0.15) is 37.0 Å². The minimum absolute atomic E-state index is 0.00751. The fourth-order valence-corrected chi connectivity index (χ4v) is 3.25. The van der Waals surface area contributed by atoms with E-state index in [1.54, 1.807) is 11.1 Å². The summed E-state index contributed by atoms with van der Waals surface area (Å²) in [4.78, 5) is 32.0. The van der Waals surface area contributed by atoms with Crippen LogP contribution in [0.5, 0.6) is 0 Å². The van der Waals surface area contributed by atoms with Gasteiger partial charge in [-0.05, 0) is 19.4 Å². The van der Waals surface area contributed by atoms with Crippen molar-refractivity contribution in [1.29, 1.82) is 0 Å². The largest absolute Gasteiger partial charge is 0.360 e. The smallest absolute Gasteiger partial charge is 0.256 e. The molecular formula is C19H25N3O2. The maximum absolute atomic E-state index is 12.7. The lowest BCUT2D eigenvalue weighted by molar-refractivity contribution is -0.139. The number of aromatic amines is 1. The zero-order valence-corrected chi connectivity index (χ0v) is 14.4. The molecule has 0 spiro atoms. The SMILES string of the molecule is CCCCN(CC)C(=O)C1CN(C(=O)c2c[nH]c3ccccc23)C1. The van der Waals surface area contributed by atoms with Crippen molar-refractivity contribution in [2.24, 2.45) is 5.92 Å². The lowest BCUT2D eigenvalue weighted by atomic mass is 9.96. The molecule has 24 heavy (non-hydrogen) atoms. The van der Waals surface area contributed by atoms with E-state index in [2.05, 4.69) is 11.9 Å². The third kappa shape index (κ3) is 3.03. The molecular weight excluding hydrogens is 302 g/mol. The monoisotopic (exact) mass is 327 g/mol. The lowest BCUT2D eigenvalue weighted by Crippen LogP contribution is -2.56. The molecule has 5 heteroatoms. The molecule has 1 fully saturated rings. The number of carbonyl (C=O) groups excluding carboxylic acids is 2. The second-order valence-electron chi connectivity index (χ2n) is 6.43. The first-order valence-electron chi connectivity index (χ1n) is 8.79. The van der Waals surface area contributed by atoms with E-state index in [1.807, 2.05) is 36.1 Å². The summed E-state index contributed by atoms with van der Waals surface area (Å²) in [5.41, 5.74) is 1.65. The van der Waals surface area contributed by atoms with Crippen molar-refractivity contribution in [2.45, 2.75) is 26.7 Å². The van der Waals surface area contributed by atoms with Crippen LogP contribution < -0.4 is 0 Å². The van der Waals surface area contributed by atoms with E-state index in [0.717, 1.165) is 36.8 Å². The maximum atomic E-state index is 12.7. The number of rotatable bonds is 6. The van der Waals surface area contributed by atoms with Gasteiger partial charge in [-0.15, -0.1) is 0 Å². The molecule has 0 unspecified atom stereocenters. The van der Waals surface area contributed by atoms with Gasteiger partial charge in [0.05, 0.1) is 11.5 Å². The number of benzene rings is 1. The normalized spacial score (nSPS) is 14.7.